The normalized spacial score (nSPS) is 10.8. The van der Waals surface area contributed by atoms with Gasteiger partial charge in [-0.25, -0.2) is 5.43 Å². The average molecular weight is 584 g/mol. The predicted molar refractivity (Wildman–Crippen MR) is 137 cm³/mol. The lowest BCUT2D eigenvalue weighted by Crippen LogP contribution is -2.25. The van der Waals surface area contributed by atoms with Gasteiger partial charge in [0.1, 0.15) is 6.61 Å². The highest BCUT2D eigenvalue weighted by Gasteiger charge is 2.12. The minimum atomic E-state index is -0.258. The zero-order valence-electron chi connectivity index (χ0n) is 17.1. The molecular formula is C23H20Cl2IN3O3. The maximum Gasteiger partial charge on any atom is 0.259 e. The summed E-state index contributed by atoms with van der Waals surface area (Å²) in [5.41, 5.74) is 4.92. The van der Waals surface area contributed by atoms with Gasteiger partial charge in [-0.1, -0.05) is 47.5 Å². The molecule has 2 N–H and O–H groups in total. The quantitative estimate of drug-likeness (QED) is 0.191. The number of rotatable bonds is 9. The van der Waals surface area contributed by atoms with Crippen LogP contribution in [0.5, 0.6) is 11.5 Å². The number of halogens is 3. The SMILES string of the molecule is COc1cc(/C=N\NC(=O)CNc2ccccc2)cc(I)c1OCc1ccc(Cl)cc1Cl. The second-order valence-electron chi connectivity index (χ2n) is 6.57. The molecule has 0 spiro atoms. The van der Waals surface area contributed by atoms with E-state index in [-0.39, 0.29) is 19.1 Å². The van der Waals surface area contributed by atoms with Gasteiger partial charge in [-0.2, -0.15) is 5.10 Å². The zero-order chi connectivity index (χ0) is 22.9. The number of carbonyl (C=O) groups excluding carboxylic acids is 1. The number of amides is 1. The van der Waals surface area contributed by atoms with Gasteiger partial charge in [0.2, 0.25) is 0 Å². The summed E-state index contributed by atoms with van der Waals surface area (Å²) in [6.45, 7) is 0.377. The molecule has 0 unspecified atom stereocenters. The van der Waals surface area contributed by atoms with Gasteiger partial charge in [0.25, 0.3) is 5.91 Å². The standard InChI is InChI=1S/C23H20Cl2IN3O3/c1-31-21-10-15(12-28-29-22(30)13-27-18-5-3-2-4-6-18)9-20(26)23(21)32-14-16-7-8-17(24)11-19(16)25/h2-12,27H,13-14H2,1H3,(H,29,30)/b28-12-. The van der Waals surface area contributed by atoms with Crippen LogP contribution in [0.25, 0.3) is 0 Å². The number of ether oxygens (including phenoxy) is 2. The maximum absolute atomic E-state index is 12.0. The second kappa shape index (κ2) is 11.9. The van der Waals surface area contributed by atoms with Crippen molar-refractivity contribution < 1.29 is 14.3 Å². The van der Waals surface area contributed by atoms with Crippen molar-refractivity contribution in [3.63, 3.8) is 0 Å². The second-order valence-corrected chi connectivity index (χ2v) is 8.58. The molecule has 0 heterocycles. The molecule has 0 saturated heterocycles. The van der Waals surface area contributed by atoms with Crippen molar-refractivity contribution in [2.24, 2.45) is 5.10 Å². The third-order valence-corrected chi connectivity index (χ3v) is 5.66. The van der Waals surface area contributed by atoms with Gasteiger partial charge >= 0.3 is 0 Å². The molecule has 0 aliphatic heterocycles. The molecule has 166 valence electrons. The van der Waals surface area contributed by atoms with Crippen LogP contribution in [0.1, 0.15) is 11.1 Å². The lowest BCUT2D eigenvalue weighted by molar-refractivity contribution is -0.119. The number of hydrogen-bond donors (Lipinski definition) is 2. The van der Waals surface area contributed by atoms with Gasteiger partial charge in [-0.15, -0.1) is 0 Å². The molecule has 0 aliphatic carbocycles. The van der Waals surface area contributed by atoms with E-state index in [0.717, 1.165) is 20.4 Å². The summed E-state index contributed by atoms with van der Waals surface area (Å²) in [4.78, 5) is 12.0. The molecule has 0 bridgehead atoms. The van der Waals surface area contributed by atoms with E-state index in [1.54, 1.807) is 31.5 Å². The van der Waals surface area contributed by atoms with E-state index >= 15 is 0 Å². The van der Waals surface area contributed by atoms with Gasteiger partial charge < -0.3 is 14.8 Å². The lowest BCUT2D eigenvalue weighted by atomic mass is 10.2. The third-order valence-electron chi connectivity index (χ3n) is 4.27. The van der Waals surface area contributed by atoms with E-state index in [0.29, 0.717) is 21.5 Å². The molecule has 0 saturated carbocycles. The van der Waals surface area contributed by atoms with Crippen LogP contribution < -0.4 is 20.2 Å². The first-order valence-corrected chi connectivity index (χ1v) is 11.3. The number of hydrogen-bond acceptors (Lipinski definition) is 5. The Labute approximate surface area is 210 Å². The van der Waals surface area contributed by atoms with Crippen LogP contribution in [0.15, 0.2) is 65.8 Å². The summed E-state index contributed by atoms with van der Waals surface area (Å²) in [5.74, 6) is 0.874. The van der Waals surface area contributed by atoms with Crippen LogP contribution in [0.3, 0.4) is 0 Å². The van der Waals surface area contributed by atoms with Crippen LogP contribution >= 0.6 is 45.8 Å². The Bertz CT molecular complexity index is 1110. The van der Waals surface area contributed by atoms with Crippen LogP contribution in [-0.4, -0.2) is 25.8 Å². The van der Waals surface area contributed by atoms with Gasteiger partial charge in [-0.3, -0.25) is 4.79 Å². The number of hydrazone groups is 1. The predicted octanol–water partition coefficient (Wildman–Crippen LogP) is 5.75. The zero-order valence-corrected chi connectivity index (χ0v) is 20.7. The topological polar surface area (TPSA) is 72.0 Å². The largest absolute Gasteiger partial charge is 0.493 e. The molecule has 0 fully saturated rings. The molecule has 9 heteroatoms. The van der Waals surface area contributed by atoms with Crippen LogP contribution in [-0.2, 0) is 11.4 Å². The number of para-hydroxylation sites is 1. The van der Waals surface area contributed by atoms with E-state index in [9.17, 15) is 4.79 Å². The number of anilines is 1. The molecule has 6 nitrogen and oxygen atoms in total. The van der Waals surface area contributed by atoms with Gasteiger partial charge in [0.05, 0.1) is 23.4 Å². The molecule has 3 aromatic carbocycles. The van der Waals surface area contributed by atoms with E-state index in [1.807, 2.05) is 42.5 Å². The Morgan fingerprint density at radius 1 is 1.12 bits per heavy atom. The molecular weight excluding hydrogens is 564 g/mol. The molecule has 0 aliphatic rings. The highest BCUT2D eigenvalue weighted by Crippen LogP contribution is 2.34. The molecule has 3 rings (SSSR count). The Kier molecular flexibility index (Phi) is 9.01. The van der Waals surface area contributed by atoms with Gasteiger partial charge in [-0.05, 0) is 64.6 Å². The number of benzene rings is 3. The molecule has 32 heavy (non-hydrogen) atoms. The Balaban J connectivity index is 1.60. The summed E-state index contributed by atoms with van der Waals surface area (Å²) < 4.78 is 12.3. The van der Waals surface area contributed by atoms with Crippen molar-refractivity contribution in [1.82, 2.24) is 5.43 Å². The highest BCUT2D eigenvalue weighted by molar-refractivity contribution is 14.1. The van der Waals surface area contributed by atoms with E-state index in [1.165, 1.54) is 0 Å². The minimum Gasteiger partial charge on any atom is -0.493 e. The van der Waals surface area contributed by atoms with Gasteiger partial charge in [0, 0.05) is 21.3 Å². The molecule has 1 amide bonds. The van der Waals surface area contributed by atoms with Gasteiger partial charge in [0.15, 0.2) is 11.5 Å². The minimum absolute atomic E-state index is 0.113. The van der Waals surface area contributed by atoms with Crippen molar-refractivity contribution >= 4 is 63.6 Å². The fraction of sp³-hybridized carbons (Fsp3) is 0.130. The first-order chi connectivity index (χ1) is 15.5. The summed E-state index contributed by atoms with van der Waals surface area (Å²) in [7, 11) is 1.56. The van der Waals surface area contributed by atoms with Crippen LogP contribution in [0.4, 0.5) is 5.69 Å². The first-order valence-electron chi connectivity index (χ1n) is 9.51. The average Bonchev–Trinajstić information content (AvgIpc) is 2.78. The third kappa shape index (κ3) is 7.01. The first kappa shape index (κ1) is 24.2. The van der Waals surface area contributed by atoms with E-state index < -0.39 is 0 Å². The Morgan fingerprint density at radius 3 is 2.62 bits per heavy atom. The Morgan fingerprint density at radius 2 is 1.91 bits per heavy atom. The number of nitrogens with zero attached hydrogens (tertiary/aromatic N) is 1. The summed E-state index contributed by atoms with van der Waals surface area (Å²) in [6.07, 6.45) is 1.55. The summed E-state index contributed by atoms with van der Waals surface area (Å²) in [6, 6.07) is 18.4. The van der Waals surface area contributed by atoms with E-state index in [4.69, 9.17) is 32.7 Å². The van der Waals surface area contributed by atoms with Crippen molar-refractivity contribution in [2.45, 2.75) is 6.61 Å². The summed E-state index contributed by atoms with van der Waals surface area (Å²) >= 11 is 14.3. The molecule has 0 atom stereocenters. The van der Waals surface area contributed by atoms with Crippen molar-refractivity contribution in [3.05, 3.63) is 85.4 Å². The smallest absolute Gasteiger partial charge is 0.259 e. The van der Waals surface area contributed by atoms with Crippen LogP contribution in [0, 0.1) is 3.57 Å². The molecule has 0 aromatic heterocycles. The fourth-order valence-electron chi connectivity index (χ4n) is 2.70. The monoisotopic (exact) mass is 583 g/mol. The summed E-state index contributed by atoms with van der Waals surface area (Å²) in [5, 5.41) is 8.14. The van der Waals surface area contributed by atoms with Crippen LogP contribution in [0.2, 0.25) is 10.0 Å². The Hall–Kier alpha value is -2.49. The van der Waals surface area contributed by atoms with Crippen molar-refractivity contribution in [2.75, 3.05) is 19.0 Å². The van der Waals surface area contributed by atoms with E-state index in [2.05, 4.69) is 38.4 Å². The van der Waals surface area contributed by atoms with Crippen molar-refractivity contribution in [3.8, 4) is 11.5 Å². The molecule has 3 aromatic rings. The number of methoxy groups -OCH3 is 1. The van der Waals surface area contributed by atoms with Crippen molar-refractivity contribution in [1.29, 1.82) is 0 Å². The number of nitrogens with one attached hydrogen (secondary N) is 2. The fourth-order valence-corrected chi connectivity index (χ4v) is 3.94. The maximum atomic E-state index is 12.0. The molecule has 0 radical (unpaired) electrons. The highest BCUT2D eigenvalue weighted by atomic mass is 127. The number of carbonyl (C=O) groups is 1. The lowest BCUT2D eigenvalue weighted by Gasteiger charge is -2.14.